The summed E-state index contributed by atoms with van der Waals surface area (Å²) >= 11 is 1.59. The number of carbonyl (C=O) groups is 1. The highest BCUT2D eigenvalue weighted by Crippen LogP contribution is 2.33. The zero-order chi connectivity index (χ0) is 19.5. The molecule has 4 aromatic rings. The van der Waals surface area contributed by atoms with Crippen LogP contribution < -0.4 is 5.32 Å². The predicted octanol–water partition coefficient (Wildman–Crippen LogP) is 3.86. The number of thioether (sulfide) groups is 1. The van der Waals surface area contributed by atoms with Crippen molar-refractivity contribution in [2.75, 3.05) is 5.32 Å². The van der Waals surface area contributed by atoms with Gasteiger partial charge in [-0.1, -0.05) is 36.0 Å². The second kappa shape index (κ2) is 7.77. The first kappa shape index (κ1) is 18.1. The molecule has 1 amide bonds. The number of nitrogens with one attached hydrogen (secondary N) is 1. The normalized spacial score (nSPS) is 12.1. The summed E-state index contributed by atoms with van der Waals surface area (Å²) < 4.78 is 1.87. The first-order valence-electron chi connectivity index (χ1n) is 8.74. The molecule has 0 aliphatic carbocycles. The summed E-state index contributed by atoms with van der Waals surface area (Å²) in [6.45, 7) is 2.07. The highest BCUT2D eigenvalue weighted by atomic mass is 32.2. The van der Waals surface area contributed by atoms with Crippen molar-refractivity contribution >= 4 is 34.4 Å². The average molecular weight is 390 g/mol. The van der Waals surface area contributed by atoms with Gasteiger partial charge in [-0.05, 0) is 36.8 Å². The molecule has 1 atom stereocenters. The number of nitrogens with zero attached hydrogens (tertiary/aromatic N) is 5. The number of rotatable bonds is 5. The molecular weight excluding hydrogens is 372 g/mol. The van der Waals surface area contributed by atoms with Crippen LogP contribution >= 0.6 is 11.8 Å². The van der Waals surface area contributed by atoms with Crippen LogP contribution in [-0.4, -0.2) is 30.6 Å². The number of hydrogen-bond donors (Lipinski definition) is 1. The van der Waals surface area contributed by atoms with E-state index in [0.29, 0.717) is 11.5 Å². The van der Waals surface area contributed by atoms with Gasteiger partial charge in [-0.2, -0.15) is 0 Å². The second-order valence-electron chi connectivity index (χ2n) is 6.30. The smallest absolute Gasteiger partial charge is 0.275 e. The largest absolute Gasteiger partial charge is 0.312 e. The lowest BCUT2D eigenvalue weighted by Gasteiger charge is -2.12. The van der Waals surface area contributed by atoms with E-state index in [1.165, 1.54) is 0 Å². The Kier molecular flexibility index (Phi) is 5.03. The minimum absolute atomic E-state index is 0.125. The van der Waals surface area contributed by atoms with Crippen LogP contribution in [0.4, 0.5) is 5.82 Å². The first-order chi connectivity index (χ1) is 13.6. The maximum Gasteiger partial charge on any atom is 0.275 e. The molecule has 0 spiro atoms. The SMILES string of the molecule is C[C@H](Sc1nncn1C)c1ccnc(NC(=O)c2ccc3ccccc3n2)c1. The van der Waals surface area contributed by atoms with E-state index in [-0.39, 0.29) is 11.2 Å². The minimum atomic E-state index is -0.288. The fraction of sp³-hybridized carbons (Fsp3) is 0.150. The molecule has 0 saturated heterocycles. The Morgan fingerprint density at radius 3 is 2.86 bits per heavy atom. The van der Waals surface area contributed by atoms with Gasteiger partial charge in [0.15, 0.2) is 5.16 Å². The summed E-state index contributed by atoms with van der Waals surface area (Å²) in [6.07, 6.45) is 3.36. The van der Waals surface area contributed by atoms with Gasteiger partial charge >= 0.3 is 0 Å². The number of aromatic nitrogens is 5. The Balaban J connectivity index is 1.50. The van der Waals surface area contributed by atoms with Crippen molar-refractivity contribution in [3.05, 3.63) is 72.3 Å². The van der Waals surface area contributed by atoms with E-state index < -0.39 is 0 Å². The molecule has 8 heteroatoms. The number of pyridine rings is 2. The van der Waals surface area contributed by atoms with Crippen LogP contribution in [0.25, 0.3) is 10.9 Å². The highest BCUT2D eigenvalue weighted by Gasteiger charge is 2.14. The number of benzene rings is 1. The second-order valence-corrected chi connectivity index (χ2v) is 7.61. The Bertz CT molecular complexity index is 1140. The van der Waals surface area contributed by atoms with Gasteiger partial charge in [0.1, 0.15) is 17.8 Å². The molecule has 1 aromatic carbocycles. The third kappa shape index (κ3) is 3.86. The molecule has 3 heterocycles. The maximum atomic E-state index is 12.6. The number of anilines is 1. The average Bonchev–Trinajstić information content (AvgIpc) is 3.12. The number of amides is 1. The van der Waals surface area contributed by atoms with Gasteiger partial charge < -0.3 is 9.88 Å². The van der Waals surface area contributed by atoms with Gasteiger partial charge in [0.2, 0.25) is 0 Å². The van der Waals surface area contributed by atoms with Crippen molar-refractivity contribution in [2.45, 2.75) is 17.3 Å². The van der Waals surface area contributed by atoms with Crippen molar-refractivity contribution in [3.8, 4) is 0 Å². The minimum Gasteiger partial charge on any atom is -0.312 e. The molecule has 0 aliphatic rings. The van der Waals surface area contributed by atoms with Crippen molar-refractivity contribution in [3.63, 3.8) is 0 Å². The van der Waals surface area contributed by atoms with Crippen molar-refractivity contribution in [2.24, 2.45) is 7.05 Å². The molecule has 1 N–H and O–H groups in total. The van der Waals surface area contributed by atoms with E-state index >= 15 is 0 Å². The van der Waals surface area contributed by atoms with Gasteiger partial charge in [0, 0.05) is 23.9 Å². The molecule has 0 fully saturated rings. The molecule has 0 saturated carbocycles. The van der Waals surface area contributed by atoms with E-state index in [9.17, 15) is 4.79 Å². The van der Waals surface area contributed by atoms with Gasteiger partial charge in [0.25, 0.3) is 5.91 Å². The van der Waals surface area contributed by atoms with Crippen molar-refractivity contribution < 1.29 is 4.79 Å². The monoisotopic (exact) mass is 390 g/mol. The molecular formula is C20H18N6OS. The molecule has 3 aromatic heterocycles. The maximum absolute atomic E-state index is 12.6. The van der Waals surface area contributed by atoms with Crippen LogP contribution in [0.1, 0.15) is 28.2 Å². The summed E-state index contributed by atoms with van der Waals surface area (Å²) in [6, 6.07) is 15.1. The number of fused-ring (bicyclic) bond motifs is 1. The zero-order valence-electron chi connectivity index (χ0n) is 15.4. The summed E-state index contributed by atoms with van der Waals surface area (Å²) in [5, 5.41) is 12.8. The highest BCUT2D eigenvalue weighted by molar-refractivity contribution is 7.99. The molecule has 0 aliphatic heterocycles. The lowest BCUT2D eigenvalue weighted by molar-refractivity contribution is 0.102. The van der Waals surface area contributed by atoms with Crippen LogP contribution in [0.3, 0.4) is 0 Å². The van der Waals surface area contributed by atoms with Crippen LogP contribution in [0.2, 0.25) is 0 Å². The summed E-state index contributed by atoms with van der Waals surface area (Å²) in [5.74, 6) is 0.201. The van der Waals surface area contributed by atoms with Gasteiger partial charge in [0.05, 0.1) is 5.52 Å². The van der Waals surface area contributed by atoms with E-state index in [2.05, 4.69) is 32.4 Å². The summed E-state index contributed by atoms with van der Waals surface area (Å²) in [7, 11) is 1.91. The van der Waals surface area contributed by atoms with Crippen molar-refractivity contribution in [1.29, 1.82) is 0 Å². The van der Waals surface area contributed by atoms with Crippen LogP contribution in [-0.2, 0) is 7.05 Å². The molecule has 140 valence electrons. The predicted molar refractivity (Wildman–Crippen MR) is 109 cm³/mol. The standard InChI is InChI=1S/C20H18N6OS/c1-13(28-20-25-22-12-26(20)2)15-9-10-21-18(11-15)24-19(27)17-8-7-14-5-3-4-6-16(14)23-17/h3-13H,1-2H3,(H,21,24,27)/t13-/m0/s1. The third-order valence-corrected chi connectivity index (χ3v) is 5.48. The fourth-order valence-electron chi connectivity index (χ4n) is 2.75. The molecule has 7 nitrogen and oxygen atoms in total. The summed E-state index contributed by atoms with van der Waals surface area (Å²) in [4.78, 5) is 21.3. The molecule has 28 heavy (non-hydrogen) atoms. The van der Waals surface area contributed by atoms with Gasteiger partial charge in [-0.25, -0.2) is 9.97 Å². The molecule has 0 bridgehead atoms. The first-order valence-corrected chi connectivity index (χ1v) is 9.62. The van der Waals surface area contributed by atoms with Crippen LogP contribution in [0, 0.1) is 0 Å². The number of aryl methyl sites for hydroxylation is 1. The van der Waals surface area contributed by atoms with Crippen molar-refractivity contribution in [1.82, 2.24) is 24.7 Å². The van der Waals surface area contributed by atoms with Gasteiger partial charge in [-0.15, -0.1) is 10.2 Å². The van der Waals surface area contributed by atoms with Crippen LogP contribution in [0.5, 0.6) is 0 Å². The fourth-order valence-corrected chi connectivity index (χ4v) is 3.65. The Morgan fingerprint density at radius 2 is 2.04 bits per heavy atom. The zero-order valence-corrected chi connectivity index (χ0v) is 16.2. The Hall–Kier alpha value is -3.26. The lowest BCUT2D eigenvalue weighted by Crippen LogP contribution is -2.14. The topological polar surface area (TPSA) is 85.6 Å². The molecule has 0 radical (unpaired) electrons. The molecule has 4 rings (SSSR count). The van der Waals surface area contributed by atoms with E-state index in [4.69, 9.17) is 0 Å². The number of carbonyl (C=O) groups excluding carboxylic acids is 1. The van der Waals surface area contributed by atoms with E-state index in [0.717, 1.165) is 21.6 Å². The lowest BCUT2D eigenvalue weighted by atomic mass is 10.2. The van der Waals surface area contributed by atoms with E-state index in [1.807, 2.05) is 54.1 Å². The Labute approximate surface area is 166 Å². The third-order valence-electron chi connectivity index (χ3n) is 4.28. The summed E-state index contributed by atoms with van der Waals surface area (Å²) in [5.41, 5.74) is 2.17. The van der Waals surface area contributed by atoms with E-state index in [1.54, 1.807) is 30.4 Å². The number of para-hydroxylation sites is 1. The number of hydrogen-bond acceptors (Lipinski definition) is 6. The van der Waals surface area contributed by atoms with Crippen LogP contribution in [0.15, 0.2) is 66.2 Å². The molecule has 0 unspecified atom stereocenters. The van der Waals surface area contributed by atoms with Gasteiger partial charge in [-0.3, -0.25) is 4.79 Å². The Morgan fingerprint density at radius 1 is 1.18 bits per heavy atom. The quantitative estimate of drug-likeness (QED) is 0.521.